The number of aliphatic hydroxyl groups excluding tert-OH is 1. The maximum atomic E-state index is 9.29. The van der Waals surface area contributed by atoms with Gasteiger partial charge in [-0.25, -0.2) is 0 Å². The molecule has 2 rings (SSSR count). The van der Waals surface area contributed by atoms with Crippen LogP contribution in [0.5, 0.6) is 0 Å². The summed E-state index contributed by atoms with van der Waals surface area (Å²) in [5.41, 5.74) is 8.56. The van der Waals surface area contributed by atoms with Gasteiger partial charge in [-0.3, -0.25) is 0 Å². The molecule has 0 bridgehead atoms. The third-order valence-corrected chi connectivity index (χ3v) is 3.79. The Bertz CT molecular complexity index is 411. The fourth-order valence-electron chi connectivity index (χ4n) is 2.55. The molecule has 1 saturated heterocycles. The van der Waals surface area contributed by atoms with Gasteiger partial charge in [0, 0.05) is 24.3 Å². The van der Waals surface area contributed by atoms with Gasteiger partial charge in [-0.05, 0) is 25.0 Å². The molecule has 0 aliphatic carbocycles. The Morgan fingerprint density at radius 2 is 2.21 bits per heavy atom. The largest absolute Gasteiger partial charge is 0.394 e. The molecule has 0 saturated carbocycles. The highest BCUT2D eigenvalue weighted by Crippen LogP contribution is 2.30. The van der Waals surface area contributed by atoms with E-state index in [-0.39, 0.29) is 18.8 Å². The third-order valence-electron chi connectivity index (χ3n) is 3.79. The summed E-state index contributed by atoms with van der Waals surface area (Å²) >= 11 is 0. The maximum absolute atomic E-state index is 9.29. The van der Waals surface area contributed by atoms with Gasteiger partial charge >= 0.3 is 0 Å². The fourth-order valence-corrected chi connectivity index (χ4v) is 2.55. The number of nitrogens with two attached hydrogens (primary N) is 1. The molecule has 1 aromatic rings. The van der Waals surface area contributed by atoms with Crippen molar-refractivity contribution in [1.29, 1.82) is 0 Å². The minimum absolute atomic E-state index is 0.0545. The average Bonchev–Trinajstić information content (AvgIpc) is 2.47. The molecule has 3 unspecified atom stereocenters. The lowest BCUT2D eigenvalue weighted by Crippen LogP contribution is -2.50. The number of morpholine rings is 1. The van der Waals surface area contributed by atoms with Crippen LogP contribution in [0.1, 0.15) is 31.9 Å². The molecule has 1 heterocycles. The van der Waals surface area contributed by atoms with Gasteiger partial charge in [0.2, 0.25) is 0 Å². The van der Waals surface area contributed by atoms with Crippen LogP contribution in [-0.4, -0.2) is 37.0 Å². The van der Waals surface area contributed by atoms with Crippen molar-refractivity contribution >= 4 is 5.69 Å². The highest BCUT2D eigenvalue weighted by atomic mass is 16.5. The van der Waals surface area contributed by atoms with Crippen molar-refractivity contribution in [3.8, 4) is 0 Å². The number of nitrogens with zero attached hydrogens (tertiary/aromatic N) is 1. The standard InChI is InChI=1S/C15H24N2O2/c1-3-14(16)13-6-4-5-7-15(13)17-8-12(9-18)19-10-11(17)2/h4-7,11-12,14,18H,3,8-10,16H2,1-2H3. The highest BCUT2D eigenvalue weighted by Gasteiger charge is 2.27. The second-order valence-corrected chi connectivity index (χ2v) is 5.21. The maximum Gasteiger partial charge on any atom is 0.0981 e. The zero-order chi connectivity index (χ0) is 13.8. The van der Waals surface area contributed by atoms with Crippen LogP contribution in [0, 0.1) is 0 Å². The van der Waals surface area contributed by atoms with E-state index >= 15 is 0 Å². The van der Waals surface area contributed by atoms with Gasteiger partial charge in [-0.15, -0.1) is 0 Å². The Hall–Kier alpha value is -1.10. The van der Waals surface area contributed by atoms with E-state index in [9.17, 15) is 5.11 Å². The quantitative estimate of drug-likeness (QED) is 0.868. The van der Waals surface area contributed by atoms with E-state index in [2.05, 4.69) is 30.9 Å². The van der Waals surface area contributed by atoms with Crippen molar-refractivity contribution < 1.29 is 9.84 Å². The zero-order valence-corrected chi connectivity index (χ0v) is 11.7. The molecule has 4 heteroatoms. The number of para-hydroxylation sites is 1. The summed E-state index contributed by atoms with van der Waals surface area (Å²) in [6.07, 6.45) is 0.807. The Morgan fingerprint density at radius 3 is 2.89 bits per heavy atom. The highest BCUT2D eigenvalue weighted by molar-refractivity contribution is 5.56. The number of aliphatic hydroxyl groups is 1. The van der Waals surface area contributed by atoms with Crippen molar-refractivity contribution in [3.05, 3.63) is 29.8 Å². The minimum Gasteiger partial charge on any atom is -0.394 e. The first-order valence-electron chi connectivity index (χ1n) is 7.01. The molecule has 0 amide bonds. The topological polar surface area (TPSA) is 58.7 Å². The molecule has 0 aromatic heterocycles. The van der Waals surface area contributed by atoms with E-state index in [1.165, 1.54) is 11.3 Å². The van der Waals surface area contributed by atoms with E-state index < -0.39 is 0 Å². The van der Waals surface area contributed by atoms with Gasteiger partial charge in [0.15, 0.2) is 0 Å². The second-order valence-electron chi connectivity index (χ2n) is 5.21. The second kappa shape index (κ2) is 6.37. The summed E-state index contributed by atoms with van der Waals surface area (Å²) < 4.78 is 5.59. The van der Waals surface area contributed by atoms with Gasteiger partial charge in [0.05, 0.1) is 19.3 Å². The molecule has 19 heavy (non-hydrogen) atoms. The summed E-state index contributed by atoms with van der Waals surface area (Å²) in [5.74, 6) is 0. The molecule has 3 N–H and O–H groups in total. The van der Waals surface area contributed by atoms with E-state index in [0.717, 1.165) is 6.42 Å². The van der Waals surface area contributed by atoms with Crippen LogP contribution in [-0.2, 0) is 4.74 Å². The lowest BCUT2D eigenvalue weighted by atomic mass is 10.0. The summed E-state index contributed by atoms with van der Waals surface area (Å²) in [7, 11) is 0. The van der Waals surface area contributed by atoms with E-state index in [1.807, 2.05) is 12.1 Å². The predicted molar refractivity (Wildman–Crippen MR) is 77.3 cm³/mol. The van der Waals surface area contributed by atoms with Crippen LogP contribution < -0.4 is 10.6 Å². The Morgan fingerprint density at radius 1 is 1.47 bits per heavy atom. The summed E-state index contributed by atoms with van der Waals surface area (Å²) in [4.78, 5) is 2.30. The normalized spacial score (nSPS) is 25.4. The third kappa shape index (κ3) is 3.08. The van der Waals surface area contributed by atoms with Crippen molar-refractivity contribution in [1.82, 2.24) is 0 Å². The van der Waals surface area contributed by atoms with Crippen molar-refractivity contribution in [3.63, 3.8) is 0 Å². The monoisotopic (exact) mass is 264 g/mol. The zero-order valence-electron chi connectivity index (χ0n) is 11.7. The Labute approximate surface area is 115 Å². The molecule has 0 radical (unpaired) electrons. The number of benzene rings is 1. The van der Waals surface area contributed by atoms with Gasteiger partial charge < -0.3 is 20.5 Å². The van der Waals surface area contributed by atoms with E-state index in [1.54, 1.807) is 0 Å². The minimum atomic E-state index is -0.109. The Balaban J connectivity index is 2.29. The fraction of sp³-hybridized carbons (Fsp3) is 0.600. The van der Waals surface area contributed by atoms with Crippen molar-refractivity contribution in [2.24, 2.45) is 5.73 Å². The van der Waals surface area contributed by atoms with E-state index in [4.69, 9.17) is 10.5 Å². The van der Waals surface area contributed by atoms with Crippen LogP contribution in [0.4, 0.5) is 5.69 Å². The first kappa shape index (κ1) is 14.3. The molecule has 1 aromatic carbocycles. The summed E-state index contributed by atoms with van der Waals surface area (Å²) in [6.45, 7) is 5.65. The van der Waals surface area contributed by atoms with Crippen LogP contribution in [0.3, 0.4) is 0 Å². The smallest absolute Gasteiger partial charge is 0.0981 e. The molecule has 106 valence electrons. The number of hydrogen-bond acceptors (Lipinski definition) is 4. The SMILES string of the molecule is CCC(N)c1ccccc1N1CC(CO)OCC1C. The number of anilines is 1. The Kier molecular flexibility index (Phi) is 4.80. The van der Waals surface area contributed by atoms with Gasteiger partial charge in [-0.1, -0.05) is 25.1 Å². The first-order chi connectivity index (χ1) is 9.17. The predicted octanol–water partition coefficient (Wildman–Crippen LogP) is 1.68. The van der Waals surface area contributed by atoms with Crippen LogP contribution in [0.25, 0.3) is 0 Å². The lowest BCUT2D eigenvalue weighted by molar-refractivity contribution is -0.0103. The molecule has 1 aliphatic heterocycles. The van der Waals surface area contributed by atoms with Gasteiger partial charge in [0.1, 0.15) is 0 Å². The summed E-state index contributed by atoms with van der Waals surface area (Å²) in [6, 6.07) is 8.63. The summed E-state index contributed by atoms with van der Waals surface area (Å²) in [5, 5.41) is 9.29. The average molecular weight is 264 g/mol. The lowest BCUT2D eigenvalue weighted by Gasteiger charge is -2.40. The molecule has 1 aliphatic rings. The van der Waals surface area contributed by atoms with Crippen LogP contribution in [0.15, 0.2) is 24.3 Å². The number of ether oxygens (including phenoxy) is 1. The van der Waals surface area contributed by atoms with Gasteiger partial charge in [0.25, 0.3) is 0 Å². The van der Waals surface area contributed by atoms with E-state index in [0.29, 0.717) is 19.2 Å². The molecule has 3 atom stereocenters. The molecule has 0 spiro atoms. The number of hydrogen-bond donors (Lipinski definition) is 2. The van der Waals surface area contributed by atoms with Crippen molar-refractivity contribution in [2.75, 3.05) is 24.7 Å². The van der Waals surface area contributed by atoms with Crippen LogP contribution in [0.2, 0.25) is 0 Å². The molecule has 4 nitrogen and oxygen atoms in total. The first-order valence-corrected chi connectivity index (χ1v) is 7.01. The molecular weight excluding hydrogens is 240 g/mol. The molecular formula is C15H24N2O2. The van der Waals surface area contributed by atoms with Gasteiger partial charge in [-0.2, -0.15) is 0 Å². The molecule has 1 fully saturated rings. The van der Waals surface area contributed by atoms with Crippen molar-refractivity contribution in [2.45, 2.75) is 38.5 Å². The number of rotatable bonds is 4. The van der Waals surface area contributed by atoms with Crippen LogP contribution >= 0.6 is 0 Å².